The number of aliphatic imine (C=N–C) groups is 1. The van der Waals surface area contributed by atoms with Crippen LogP contribution >= 0.6 is 0 Å². The molecule has 0 saturated carbocycles. The molecule has 15 heavy (non-hydrogen) atoms. The number of hydrogen-bond donors (Lipinski definition) is 0. The van der Waals surface area contributed by atoms with Gasteiger partial charge in [0.05, 0.1) is 0 Å². The van der Waals surface area contributed by atoms with Gasteiger partial charge in [0.25, 0.3) is 0 Å². The molecule has 0 atom stereocenters. The van der Waals surface area contributed by atoms with Gasteiger partial charge in [-0.25, -0.2) is 0 Å². The summed E-state index contributed by atoms with van der Waals surface area (Å²) in [7, 11) is 0. The SMILES string of the molecule is CC(=NC(C)(C)C)/C(C)=C/[CH2][Ge]([CH3])([CH3])[CH3]. The molecule has 0 aromatic heterocycles. The summed E-state index contributed by atoms with van der Waals surface area (Å²) >= 11 is -1.42. The van der Waals surface area contributed by atoms with Gasteiger partial charge >= 0.3 is 98.3 Å². The molecule has 0 aromatic rings. The number of nitrogens with zero attached hydrogens (tertiary/aromatic N) is 1. The summed E-state index contributed by atoms with van der Waals surface area (Å²) in [6.07, 6.45) is 2.38. The van der Waals surface area contributed by atoms with Crippen LogP contribution in [-0.4, -0.2) is 24.5 Å². The van der Waals surface area contributed by atoms with Crippen LogP contribution in [0.2, 0.25) is 22.5 Å². The summed E-state index contributed by atoms with van der Waals surface area (Å²) in [5.41, 5.74) is 2.59. The van der Waals surface area contributed by atoms with Gasteiger partial charge in [-0.1, -0.05) is 0 Å². The molecule has 0 aliphatic rings. The molecule has 0 aliphatic carbocycles. The van der Waals surface area contributed by atoms with Gasteiger partial charge in [-0.3, -0.25) is 0 Å². The van der Waals surface area contributed by atoms with Crippen molar-refractivity contribution in [1.82, 2.24) is 0 Å². The summed E-state index contributed by atoms with van der Waals surface area (Å²) in [5, 5.41) is 1.29. The molecule has 0 N–H and O–H groups in total. The molecule has 0 amide bonds. The third kappa shape index (κ3) is 8.92. The van der Waals surface area contributed by atoms with Crippen molar-refractivity contribution < 1.29 is 0 Å². The van der Waals surface area contributed by atoms with E-state index >= 15 is 0 Å². The van der Waals surface area contributed by atoms with Gasteiger partial charge in [-0.2, -0.15) is 0 Å². The third-order valence-electron chi connectivity index (χ3n) is 2.09. The van der Waals surface area contributed by atoms with Crippen molar-refractivity contribution in [3.63, 3.8) is 0 Å². The van der Waals surface area contributed by atoms with Crippen LogP contribution in [0.5, 0.6) is 0 Å². The van der Waals surface area contributed by atoms with Crippen LogP contribution in [0, 0.1) is 0 Å². The zero-order valence-electron chi connectivity index (χ0n) is 11.7. The normalized spacial score (nSPS) is 15.7. The Morgan fingerprint density at radius 1 is 1.13 bits per heavy atom. The Hall–Kier alpha value is -0.0471. The van der Waals surface area contributed by atoms with E-state index < -0.39 is 13.3 Å². The van der Waals surface area contributed by atoms with E-state index in [1.165, 1.54) is 16.5 Å². The van der Waals surface area contributed by atoms with E-state index in [1.807, 2.05) is 0 Å². The first-order valence-electron chi connectivity index (χ1n) is 5.75. The van der Waals surface area contributed by atoms with Crippen molar-refractivity contribution in [3.8, 4) is 0 Å². The van der Waals surface area contributed by atoms with Crippen molar-refractivity contribution >= 4 is 19.0 Å². The molecule has 0 radical (unpaired) electrons. The van der Waals surface area contributed by atoms with E-state index in [2.05, 4.69) is 63.0 Å². The average Bonchev–Trinajstić information content (AvgIpc) is 1.95. The Kier molecular flexibility index (Phi) is 5.32. The minimum absolute atomic E-state index is 0.0440. The van der Waals surface area contributed by atoms with E-state index in [-0.39, 0.29) is 5.54 Å². The van der Waals surface area contributed by atoms with Crippen LogP contribution in [0.15, 0.2) is 16.6 Å². The molecule has 1 nitrogen and oxygen atoms in total. The topological polar surface area (TPSA) is 12.4 Å². The fraction of sp³-hybridized carbons (Fsp3) is 0.769. The van der Waals surface area contributed by atoms with E-state index in [9.17, 15) is 0 Å². The fourth-order valence-electron chi connectivity index (χ4n) is 1.20. The molecule has 0 bridgehead atoms. The second kappa shape index (κ2) is 5.33. The first-order valence-corrected chi connectivity index (χ1v) is 13.5. The molecule has 0 aromatic carbocycles. The molecule has 0 aliphatic heterocycles. The second-order valence-electron chi connectivity index (χ2n) is 6.52. The molecule has 0 heterocycles. The van der Waals surface area contributed by atoms with Gasteiger partial charge in [-0.05, 0) is 0 Å². The number of allylic oxidation sites excluding steroid dienone is 2. The van der Waals surface area contributed by atoms with Gasteiger partial charge < -0.3 is 0 Å². The quantitative estimate of drug-likeness (QED) is 0.527. The monoisotopic (exact) mass is 271 g/mol. The van der Waals surface area contributed by atoms with Crippen LogP contribution in [0.25, 0.3) is 0 Å². The van der Waals surface area contributed by atoms with E-state index in [0.29, 0.717) is 0 Å². The van der Waals surface area contributed by atoms with Crippen molar-refractivity contribution in [2.45, 2.75) is 62.7 Å². The maximum absolute atomic E-state index is 4.68. The number of rotatable bonds is 3. The average molecular weight is 270 g/mol. The Labute approximate surface area is 98.4 Å². The number of hydrogen-bond acceptors (Lipinski definition) is 1. The first-order chi connectivity index (χ1) is 6.51. The van der Waals surface area contributed by atoms with Crippen LogP contribution < -0.4 is 0 Å². The third-order valence-corrected chi connectivity index (χ3v) is 5.09. The van der Waals surface area contributed by atoms with Crippen LogP contribution in [0.1, 0.15) is 34.6 Å². The molecule has 88 valence electrons. The summed E-state index contributed by atoms with van der Waals surface area (Å²) < 4.78 is 0. The van der Waals surface area contributed by atoms with Crippen LogP contribution in [-0.2, 0) is 0 Å². The summed E-state index contributed by atoms with van der Waals surface area (Å²) in [5.74, 6) is 7.33. The summed E-state index contributed by atoms with van der Waals surface area (Å²) in [4.78, 5) is 4.68. The van der Waals surface area contributed by atoms with Crippen molar-refractivity contribution in [1.29, 1.82) is 0 Å². The van der Waals surface area contributed by atoms with Gasteiger partial charge in [0.2, 0.25) is 0 Å². The molecule has 0 saturated heterocycles. The predicted molar refractivity (Wildman–Crippen MR) is 74.8 cm³/mol. The van der Waals surface area contributed by atoms with Crippen molar-refractivity contribution in [3.05, 3.63) is 11.6 Å². The molecular weight excluding hydrogens is 243 g/mol. The van der Waals surface area contributed by atoms with Crippen LogP contribution in [0.3, 0.4) is 0 Å². The van der Waals surface area contributed by atoms with Gasteiger partial charge in [-0.15, -0.1) is 0 Å². The van der Waals surface area contributed by atoms with Crippen molar-refractivity contribution in [2.75, 3.05) is 0 Å². The Morgan fingerprint density at radius 3 is 1.93 bits per heavy atom. The van der Waals surface area contributed by atoms with E-state index in [4.69, 9.17) is 0 Å². The summed E-state index contributed by atoms with van der Waals surface area (Å²) in [6.45, 7) is 10.7. The van der Waals surface area contributed by atoms with Crippen molar-refractivity contribution in [2.24, 2.45) is 4.99 Å². The Bertz CT molecular complexity index is 261. The minimum atomic E-state index is -1.42. The first kappa shape index (κ1) is 15.0. The Balaban J connectivity index is 4.59. The molecule has 0 spiro atoms. The Morgan fingerprint density at radius 2 is 1.60 bits per heavy atom. The molecule has 0 rings (SSSR count). The molecule has 2 heteroatoms. The zero-order valence-corrected chi connectivity index (χ0v) is 13.8. The van der Waals surface area contributed by atoms with E-state index in [1.54, 1.807) is 0 Å². The molecule has 0 unspecified atom stereocenters. The second-order valence-corrected chi connectivity index (χ2v) is 18.1. The standard InChI is InChI=1S/C13H27GeN/c1-11(9-10-14(6,7)8)12(2)15-13(3,4)5/h9H,10H2,1-8H3/b11-9+,15-12?. The summed E-state index contributed by atoms with van der Waals surface area (Å²) in [6, 6.07) is 0. The molecular formula is C13H27GeN. The predicted octanol–water partition coefficient (Wildman–Crippen LogP) is 4.53. The van der Waals surface area contributed by atoms with Crippen LogP contribution in [0.4, 0.5) is 0 Å². The van der Waals surface area contributed by atoms with E-state index in [0.717, 1.165) is 0 Å². The van der Waals surface area contributed by atoms with Gasteiger partial charge in [0.1, 0.15) is 0 Å². The maximum atomic E-state index is 4.68. The zero-order chi connectivity index (χ0) is 12.3. The fourth-order valence-corrected chi connectivity index (χ4v) is 3.13. The van der Waals surface area contributed by atoms with Gasteiger partial charge in [0.15, 0.2) is 0 Å². The molecule has 0 fully saturated rings. The van der Waals surface area contributed by atoms with Gasteiger partial charge in [0, 0.05) is 0 Å².